The molecule has 0 saturated carbocycles. The fourth-order valence-corrected chi connectivity index (χ4v) is 3.10. The van der Waals surface area contributed by atoms with E-state index in [0.29, 0.717) is 15.6 Å². The number of carbonyl (C=O) groups is 1. The lowest BCUT2D eigenvalue weighted by Crippen LogP contribution is -2.18. The van der Waals surface area contributed by atoms with Crippen molar-refractivity contribution in [1.82, 2.24) is 5.43 Å². The molecule has 2 aromatic rings. The molecule has 6 heteroatoms. The number of carbonyl (C=O) groups excluding carboxylic acids is 1. The maximum atomic E-state index is 12.1. The number of nitrogens with one attached hydrogen (secondary N) is 1. The third-order valence-electron chi connectivity index (χ3n) is 3.45. The van der Waals surface area contributed by atoms with E-state index in [1.54, 1.807) is 24.3 Å². The van der Waals surface area contributed by atoms with Gasteiger partial charge in [0.05, 0.1) is 10.7 Å². The fraction of sp³-hybridized carbons (Fsp3) is 0.222. The Labute approximate surface area is 158 Å². The molecule has 0 aliphatic rings. The van der Waals surface area contributed by atoms with Crippen LogP contribution in [0.4, 0.5) is 0 Å². The molecule has 0 unspecified atom stereocenters. The highest BCUT2D eigenvalue weighted by Crippen LogP contribution is 2.29. The van der Waals surface area contributed by atoms with Crippen LogP contribution >= 0.6 is 31.9 Å². The minimum absolute atomic E-state index is 0.0447. The van der Waals surface area contributed by atoms with Gasteiger partial charge in [0.1, 0.15) is 5.75 Å². The number of hydrazone groups is 1. The Hall–Kier alpha value is -1.66. The monoisotopic (exact) mass is 452 g/mol. The molecule has 0 aromatic heterocycles. The Morgan fingerprint density at radius 1 is 1.12 bits per heavy atom. The molecule has 2 N–H and O–H groups in total. The van der Waals surface area contributed by atoms with Crippen molar-refractivity contribution in [3.63, 3.8) is 0 Å². The normalized spacial score (nSPS) is 11.7. The third kappa shape index (κ3) is 4.68. The van der Waals surface area contributed by atoms with Gasteiger partial charge in [-0.3, -0.25) is 4.79 Å². The predicted molar refractivity (Wildman–Crippen MR) is 104 cm³/mol. The largest absolute Gasteiger partial charge is 0.507 e. The zero-order chi connectivity index (χ0) is 17.9. The predicted octanol–water partition coefficient (Wildman–Crippen LogP) is 4.98. The lowest BCUT2D eigenvalue weighted by molar-refractivity contribution is 0.0955. The zero-order valence-corrected chi connectivity index (χ0v) is 16.8. The first-order valence-electron chi connectivity index (χ1n) is 7.30. The van der Waals surface area contributed by atoms with Crippen LogP contribution in [0.15, 0.2) is 50.4 Å². The number of phenolic OH excluding ortho intramolecular Hbond substituents is 1. The molecule has 0 fully saturated rings. The molecular formula is C18H18Br2N2O2. The Kier molecular flexibility index (Phi) is 5.83. The summed E-state index contributed by atoms with van der Waals surface area (Å²) in [6.45, 7) is 6.37. The van der Waals surface area contributed by atoms with E-state index in [1.165, 1.54) is 6.21 Å². The minimum atomic E-state index is -0.288. The summed E-state index contributed by atoms with van der Waals surface area (Å²) in [7, 11) is 0. The maximum Gasteiger partial charge on any atom is 0.271 e. The number of benzene rings is 2. The molecule has 24 heavy (non-hydrogen) atoms. The number of hydrogen-bond acceptors (Lipinski definition) is 3. The summed E-state index contributed by atoms with van der Waals surface area (Å²) in [5.41, 5.74) is 4.88. The minimum Gasteiger partial charge on any atom is -0.507 e. The van der Waals surface area contributed by atoms with Gasteiger partial charge in [-0.15, -0.1) is 0 Å². The Morgan fingerprint density at radius 2 is 1.75 bits per heavy atom. The van der Waals surface area contributed by atoms with Crippen molar-refractivity contribution in [2.45, 2.75) is 26.2 Å². The zero-order valence-electron chi connectivity index (χ0n) is 13.6. The third-order valence-corrected chi connectivity index (χ3v) is 4.77. The van der Waals surface area contributed by atoms with Gasteiger partial charge < -0.3 is 5.11 Å². The van der Waals surface area contributed by atoms with Crippen LogP contribution in [0.25, 0.3) is 0 Å². The molecule has 0 saturated heterocycles. The number of amides is 1. The number of aromatic hydroxyl groups is 1. The van der Waals surface area contributed by atoms with Gasteiger partial charge in [0.2, 0.25) is 0 Å². The van der Waals surface area contributed by atoms with Crippen LogP contribution in [0.1, 0.15) is 42.3 Å². The molecule has 0 aliphatic heterocycles. The van der Waals surface area contributed by atoms with Gasteiger partial charge in [0, 0.05) is 15.6 Å². The maximum absolute atomic E-state index is 12.1. The number of halogens is 2. The second-order valence-electron chi connectivity index (χ2n) is 6.35. The standard InChI is InChI=1S/C18H18Br2N2O2/c1-18(2,3)13-6-4-11(5-7-13)17(24)22-21-10-12-8-16(23)15(20)9-14(12)19/h4-10,23H,1-3H3,(H,22,24)/b21-10-. The smallest absolute Gasteiger partial charge is 0.271 e. The van der Waals surface area contributed by atoms with E-state index >= 15 is 0 Å². The molecule has 0 heterocycles. The van der Waals surface area contributed by atoms with E-state index in [2.05, 4.69) is 63.2 Å². The van der Waals surface area contributed by atoms with Crippen LogP contribution in [0.3, 0.4) is 0 Å². The Morgan fingerprint density at radius 3 is 2.33 bits per heavy atom. The van der Waals surface area contributed by atoms with Gasteiger partial charge in [0.15, 0.2) is 0 Å². The van der Waals surface area contributed by atoms with Crippen LogP contribution in [0.2, 0.25) is 0 Å². The number of nitrogens with zero attached hydrogens (tertiary/aromatic N) is 1. The van der Waals surface area contributed by atoms with E-state index in [4.69, 9.17) is 0 Å². The lowest BCUT2D eigenvalue weighted by Gasteiger charge is -2.18. The highest BCUT2D eigenvalue weighted by Gasteiger charge is 2.14. The molecule has 0 radical (unpaired) electrons. The van der Waals surface area contributed by atoms with Crippen LogP contribution in [-0.4, -0.2) is 17.2 Å². The Bertz CT molecular complexity index is 779. The van der Waals surface area contributed by atoms with Gasteiger partial charge in [-0.25, -0.2) is 5.43 Å². The average Bonchev–Trinajstić information content (AvgIpc) is 2.51. The summed E-state index contributed by atoms with van der Waals surface area (Å²) in [4.78, 5) is 12.1. The molecule has 0 spiro atoms. The lowest BCUT2D eigenvalue weighted by atomic mass is 9.87. The first-order valence-corrected chi connectivity index (χ1v) is 8.89. The molecule has 0 bridgehead atoms. The van der Waals surface area contributed by atoms with Crippen molar-refractivity contribution >= 4 is 44.0 Å². The number of hydrogen-bond donors (Lipinski definition) is 2. The number of phenols is 1. The van der Waals surface area contributed by atoms with E-state index in [1.807, 2.05) is 12.1 Å². The van der Waals surface area contributed by atoms with Crippen molar-refractivity contribution in [1.29, 1.82) is 0 Å². The average molecular weight is 454 g/mol. The number of rotatable bonds is 3. The molecular weight excluding hydrogens is 436 g/mol. The van der Waals surface area contributed by atoms with Crippen molar-refractivity contribution in [3.05, 3.63) is 62.0 Å². The van der Waals surface area contributed by atoms with Gasteiger partial charge >= 0.3 is 0 Å². The Balaban J connectivity index is 2.07. The van der Waals surface area contributed by atoms with Gasteiger partial charge in [0.25, 0.3) is 5.91 Å². The SMILES string of the molecule is CC(C)(C)c1ccc(C(=O)N/N=C\c2cc(O)c(Br)cc2Br)cc1. The van der Waals surface area contributed by atoms with Crippen molar-refractivity contribution in [2.75, 3.05) is 0 Å². The summed E-state index contributed by atoms with van der Waals surface area (Å²) >= 11 is 6.60. The fourth-order valence-electron chi connectivity index (χ4n) is 2.00. The highest BCUT2D eigenvalue weighted by molar-refractivity contribution is 9.11. The topological polar surface area (TPSA) is 61.7 Å². The molecule has 1 amide bonds. The summed E-state index contributed by atoms with van der Waals surface area (Å²) in [5, 5.41) is 13.6. The second-order valence-corrected chi connectivity index (χ2v) is 8.06. The first-order chi connectivity index (χ1) is 11.2. The van der Waals surface area contributed by atoms with Crippen molar-refractivity contribution in [3.8, 4) is 5.75 Å². The van der Waals surface area contributed by atoms with E-state index in [-0.39, 0.29) is 17.1 Å². The van der Waals surface area contributed by atoms with Crippen LogP contribution in [-0.2, 0) is 5.41 Å². The summed E-state index contributed by atoms with van der Waals surface area (Å²) < 4.78 is 1.33. The summed E-state index contributed by atoms with van der Waals surface area (Å²) in [6.07, 6.45) is 1.47. The summed E-state index contributed by atoms with van der Waals surface area (Å²) in [6, 6.07) is 10.7. The van der Waals surface area contributed by atoms with E-state index < -0.39 is 0 Å². The van der Waals surface area contributed by atoms with Crippen molar-refractivity contribution in [2.24, 2.45) is 5.10 Å². The van der Waals surface area contributed by atoms with E-state index in [0.717, 1.165) is 10.0 Å². The van der Waals surface area contributed by atoms with Crippen molar-refractivity contribution < 1.29 is 9.90 Å². The van der Waals surface area contributed by atoms with E-state index in [9.17, 15) is 9.90 Å². The van der Waals surface area contributed by atoms with Crippen LogP contribution in [0, 0.1) is 0 Å². The molecule has 4 nitrogen and oxygen atoms in total. The highest BCUT2D eigenvalue weighted by atomic mass is 79.9. The van der Waals surface area contributed by atoms with Crippen LogP contribution < -0.4 is 5.43 Å². The van der Waals surface area contributed by atoms with Gasteiger partial charge in [-0.05, 0) is 51.2 Å². The molecule has 2 aromatic carbocycles. The van der Waals surface area contributed by atoms with Gasteiger partial charge in [-0.2, -0.15) is 5.10 Å². The second kappa shape index (κ2) is 7.49. The first kappa shape index (κ1) is 18.7. The quantitative estimate of drug-likeness (QED) is 0.508. The summed E-state index contributed by atoms with van der Waals surface area (Å²) in [5.74, 6) is -0.187. The molecule has 0 aliphatic carbocycles. The van der Waals surface area contributed by atoms with Gasteiger partial charge in [-0.1, -0.05) is 48.8 Å². The molecule has 0 atom stereocenters. The van der Waals surface area contributed by atoms with Crippen LogP contribution in [0.5, 0.6) is 5.75 Å². The molecule has 2 rings (SSSR count). The molecule has 126 valence electrons.